The van der Waals surface area contributed by atoms with Gasteiger partial charge >= 0.3 is 5.97 Å². The molecule has 0 spiro atoms. The molecule has 1 heterocycles. The molecule has 4 nitrogen and oxygen atoms in total. The van der Waals surface area contributed by atoms with E-state index in [1.165, 1.54) is 7.11 Å². The van der Waals surface area contributed by atoms with E-state index in [9.17, 15) is 4.79 Å². The zero-order valence-corrected chi connectivity index (χ0v) is 9.21. The number of esters is 1. The van der Waals surface area contributed by atoms with E-state index in [-0.39, 0.29) is 5.97 Å². The van der Waals surface area contributed by atoms with E-state index >= 15 is 0 Å². The molecule has 1 aromatic heterocycles. The lowest BCUT2D eigenvalue weighted by Crippen LogP contribution is -2.19. The number of carbonyl (C=O) groups excluding carboxylic acids is 1. The first kappa shape index (κ1) is 11.0. The van der Waals surface area contributed by atoms with Gasteiger partial charge in [-0.05, 0) is 6.42 Å². The van der Waals surface area contributed by atoms with E-state index < -0.39 is 0 Å². The zero-order chi connectivity index (χ0) is 10.4. The summed E-state index contributed by atoms with van der Waals surface area (Å²) in [4.78, 5) is 17.0. The topological polar surface area (TPSA) is 42.4 Å². The highest BCUT2D eigenvalue weighted by atomic mass is 32.1. The Morgan fingerprint density at radius 3 is 3.07 bits per heavy atom. The van der Waals surface area contributed by atoms with Crippen molar-refractivity contribution in [2.24, 2.45) is 0 Å². The number of thiazole rings is 1. The number of anilines is 1. The summed E-state index contributed by atoms with van der Waals surface area (Å²) in [5, 5.41) is 2.92. The van der Waals surface area contributed by atoms with Crippen LogP contribution in [0, 0.1) is 0 Å². The van der Waals surface area contributed by atoms with Gasteiger partial charge in [0.05, 0.1) is 7.11 Å². The lowest BCUT2D eigenvalue weighted by atomic mass is 10.3. The van der Waals surface area contributed by atoms with Crippen LogP contribution < -0.4 is 4.90 Å². The third kappa shape index (κ3) is 3.33. The highest BCUT2D eigenvalue weighted by Crippen LogP contribution is 2.15. The van der Waals surface area contributed by atoms with Gasteiger partial charge in [-0.2, -0.15) is 0 Å². The molecule has 5 heteroatoms. The van der Waals surface area contributed by atoms with Crippen LogP contribution in [0.5, 0.6) is 0 Å². The van der Waals surface area contributed by atoms with Gasteiger partial charge in [-0.1, -0.05) is 0 Å². The van der Waals surface area contributed by atoms with E-state index in [0.29, 0.717) is 6.42 Å². The number of aromatic nitrogens is 1. The zero-order valence-electron chi connectivity index (χ0n) is 8.40. The van der Waals surface area contributed by atoms with Crippen molar-refractivity contribution in [2.75, 3.05) is 25.6 Å². The van der Waals surface area contributed by atoms with Crippen LogP contribution in [0.2, 0.25) is 0 Å². The average Bonchev–Trinajstić information content (AvgIpc) is 2.70. The molecule has 0 amide bonds. The third-order valence-corrected chi connectivity index (χ3v) is 2.73. The molecule has 0 saturated heterocycles. The maximum absolute atomic E-state index is 10.8. The fourth-order valence-electron chi connectivity index (χ4n) is 1.06. The second kappa shape index (κ2) is 5.59. The maximum atomic E-state index is 10.8. The van der Waals surface area contributed by atoms with E-state index in [4.69, 9.17) is 0 Å². The first-order chi connectivity index (χ1) is 6.74. The van der Waals surface area contributed by atoms with Crippen molar-refractivity contribution < 1.29 is 9.53 Å². The summed E-state index contributed by atoms with van der Waals surface area (Å²) in [6, 6.07) is 0. The Bertz CT molecular complexity index is 274. The van der Waals surface area contributed by atoms with Gasteiger partial charge in [0, 0.05) is 31.6 Å². The number of ether oxygens (including phenoxy) is 1. The number of methoxy groups -OCH3 is 1. The van der Waals surface area contributed by atoms with E-state index in [2.05, 4.69) is 9.72 Å². The highest BCUT2D eigenvalue weighted by molar-refractivity contribution is 7.13. The minimum atomic E-state index is -0.155. The van der Waals surface area contributed by atoms with Crippen LogP contribution in [0.1, 0.15) is 12.8 Å². The lowest BCUT2D eigenvalue weighted by Gasteiger charge is -2.14. The van der Waals surface area contributed by atoms with Crippen molar-refractivity contribution in [3.05, 3.63) is 11.6 Å². The Labute approximate surface area is 87.5 Å². The van der Waals surface area contributed by atoms with Gasteiger partial charge < -0.3 is 9.64 Å². The molecule has 0 aliphatic rings. The smallest absolute Gasteiger partial charge is 0.305 e. The van der Waals surface area contributed by atoms with Crippen molar-refractivity contribution in [1.82, 2.24) is 4.98 Å². The van der Waals surface area contributed by atoms with Crippen molar-refractivity contribution in [2.45, 2.75) is 12.8 Å². The Hall–Kier alpha value is -1.10. The number of carbonyl (C=O) groups is 1. The van der Waals surface area contributed by atoms with Crippen LogP contribution in [-0.4, -0.2) is 31.7 Å². The average molecular weight is 214 g/mol. The van der Waals surface area contributed by atoms with Gasteiger partial charge in [-0.25, -0.2) is 4.98 Å². The number of nitrogens with zero attached hydrogens (tertiary/aromatic N) is 2. The number of rotatable bonds is 5. The molecule has 78 valence electrons. The quantitative estimate of drug-likeness (QED) is 0.697. The second-order valence-corrected chi connectivity index (χ2v) is 3.79. The molecule has 14 heavy (non-hydrogen) atoms. The van der Waals surface area contributed by atoms with Crippen LogP contribution in [0.25, 0.3) is 0 Å². The molecule has 0 saturated carbocycles. The minimum Gasteiger partial charge on any atom is -0.469 e. The van der Waals surface area contributed by atoms with Crippen LogP contribution in [0.15, 0.2) is 11.6 Å². The molecule has 0 N–H and O–H groups in total. The molecule has 0 aromatic carbocycles. The second-order valence-electron chi connectivity index (χ2n) is 2.92. The van der Waals surface area contributed by atoms with Crippen LogP contribution in [0.3, 0.4) is 0 Å². The lowest BCUT2D eigenvalue weighted by molar-refractivity contribution is -0.140. The van der Waals surface area contributed by atoms with Crippen molar-refractivity contribution >= 4 is 22.4 Å². The number of hydrogen-bond acceptors (Lipinski definition) is 5. The SMILES string of the molecule is COC(=O)CCCN(C)c1nccs1. The minimum absolute atomic E-state index is 0.155. The number of hydrogen-bond donors (Lipinski definition) is 0. The normalized spacial score (nSPS) is 9.86. The summed E-state index contributed by atoms with van der Waals surface area (Å²) >= 11 is 1.59. The van der Waals surface area contributed by atoms with E-state index in [1.807, 2.05) is 17.3 Å². The van der Waals surface area contributed by atoms with Gasteiger partial charge in [0.2, 0.25) is 0 Å². The molecule has 0 radical (unpaired) electrons. The van der Waals surface area contributed by atoms with Gasteiger partial charge in [0.15, 0.2) is 5.13 Å². The van der Waals surface area contributed by atoms with Crippen LogP contribution in [0.4, 0.5) is 5.13 Å². The van der Waals surface area contributed by atoms with Gasteiger partial charge in [-0.15, -0.1) is 11.3 Å². The summed E-state index contributed by atoms with van der Waals surface area (Å²) in [5.74, 6) is -0.155. The van der Waals surface area contributed by atoms with Crippen LogP contribution >= 0.6 is 11.3 Å². The molecule has 0 unspecified atom stereocenters. The molecular weight excluding hydrogens is 200 g/mol. The standard InChI is InChI=1S/C9H14N2O2S/c1-11(9-10-5-7-14-9)6-3-4-8(12)13-2/h5,7H,3-4,6H2,1-2H3. The summed E-state index contributed by atoms with van der Waals surface area (Å²) < 4.78 is 4.55. The molecule has 1 rings (SSSR count). The van der Waals surface area contributed by atoms with Crippen LogP contribution in [-0.2, 0) is 9.53 Å². The Morgan fingerprint density at radius 2 is 2.50 bits per heavy atom. The highest BCUT2D eigenvalue weighted by Gasteiger charge is 2.04. The third-order valence-electron chi connectivity index (χ3n) is 1.85. The first-order valence-corrected chi connectivity index (χ1v) is 5.29. The summed E-state index contributed by atoms with van der Waals surface area (Å²) in [5.41, 5.74) is 0. The molecule has 0 aliphatic heterocycles. The summed E-state index contributed by atoms with van der Waals surface area (Å²) in [6.07, 6.45) is 3.03. The van der Waals surface area contributed by atoms with Crippen molar-refractivity contribution in [3.63, 3.8) is 0 Å². The van der Waals surface area contributed by atoms with Gasteiger partial charge in [0.25, 0.3) is 0 Å². The molecule has 0 aliphatic carbocycles. The summed E-state index contributed by atoms with van der Waals surface area (Å²) in [6.45, 7) is 0.822. The van der Waals surface area contributed by atoms with E-state index in [0.717, 1.165) is 18.1 Å². The van der Waals surface area contributed by atoms with Gasteiger partial charge in [-0.3, -0.25) is 4.79 Å². The van der Waals surface area contributed by atoms with Gasteiger partial charge in [0.1, 0.15) is 0 Å². The maximum Gasteiger partial charge on any atom is 0.305 e. The largest absolute Gasteiger partial charge is 0.469 e. The fourth-order valence-corrected chi connectivity index (χ4v) is 1.70. The van der Waals surface area contributed by atoms with Crippen molar-refractivity contribution in [1.29, 1.82) is 0 Å². The Morgan fingerprint density at radius 1 is 1.71 bits per heavy atom. The fraction of sp³-hybridized carbons (Fsp3) is 0.556. The monoisotopic (exact) mass is 214 g/mol. The molecule has 0 bridgehead atoms. The van der Waals surface area contributed by atoms with Crippen molar-refractivity contribution in [3.8, 4) is 0 Å². The Kier molecular flexibility index (Phi) is 4.39. The molecule has 0 atom stereocenters. The first-order valence-electron chi connectivity index (χ1n) is 4.41. The van der Waals surface area contributed by atoms with E-state index in [1.54, 1.807) is 17.5 Å². The molecule has 0 fully saturated rings. The molecule has 1 aromatic rings. The predicted molar refractivity (Wildman–Crippen MR) is 56.6 cm³/mol. The summed E-state index contributed by atoms with van der Waals surface area (Å²) in [7, 11) is 3.38. The Balaban J connectivity index is 2.22. The molecular formula is C9H14N2O2S. The predicted octanol–water partition coefficient (Wildman–Crippen LogP) is 1.53.